The first kappa shape index (κ1) is 20.2. The summed E-state index contributed by atoms with van der Waals surface area (Å²) in [7, 11) is 1.68. The van der Waals surface area contributed by atoms with Gasteiger partial charge in [0.15, 0.2) is 5.96 Å². The van der Waals surface area contributed by atoms with Gasteiger partial charge in [-0.3, -0.25) is 4.99 Å². The molecule has 0 bridgehead atoms. The number of guanidine groups is 1. The van der Waals surface area contributed by atoms with Crippen molar-refractivity contribution in [2.24, 2.45) is 4.99 Å². The summed E-state index contributed by atoms with van der Waals surface area (Å²) < 4.78 is 10.3. The molecule has 2 N–H and O–H groups in total. The Morgan fingerprint density at radius 1 is 1.00 bits per heavy atom. The van der Waals surface area contributed by atoms with E-state index in [2.05, 4.69) is 29.5 Å². The fourth-order valence-corrected chi connectivity index (χ4v) is 1.26. The minimum atomic E-state index is 0. The van der Waals surface area contributed by atoms with Crippen molar-refractivity contribution in [3.63, 3.8) is 0 Å². The molecule has 18 heavy (non-hydrogen) atoms. The second-order valence-electron chi connectivity index (χ2n) is 3.60. The molecule has 6 heteroatoms. The van der Waals surface area contributed by atoms with E-state index >= 15 is 0 Å². The van der Waals surface area contributed by atoms with Gasteiger partial charge in [-0.15, -0.1) is 24.0 Å². The van der Waals surface area contributed by atoms with Gasteiger partial charge in [0.25, 0.3) is 0 Å². The number of ether oxygens (including phenoxy) is 2. The molecular weight excluding hydrogens is 345 g/mol. The van der Waals surface area contributed by atoms with Crippen LogP contribution in [0.25, 0.3) is 0 Å². The monoisotopic (exact) mass is 373 g/mol. The summed E-state index contributed by atoms with van der Waals surface area (Å²) in [5.41, 5.74) is 0. The predicted octanol–water partition coefficient (Wildman–Crippen LogP) is 1.62. The average molecular weight is 373 g/mol. The smallest absolute Gasteiger partial charge is 0.191 e. The normalized spacial score (nSPS) is 9.50. The summed E-state index contributed by atoms with van der Waals surface area (Å²) in [5, 5.41) is 6.39. The summed E-state index contributed by atoms with van der Waals surface area (Å²) in [5.74, 6) is 0.898. The lowest BCUT2D eigenvalue weighted by atomic mass is 10.3. The van der Waals surface area contributed by atoms with Gasteiger partial charge in [0, 0.05) is 33.4 Å². The number of hydrogen-bond acceptors (Lipinski definition) is 3. The molecule has 0 aromatic heterocycles. The second kappa shape index (κ2) is 16.9. The third kappa shape index (κ3) is 14.0. The van der Waals surface area contributed by atoms with Gasteiger partial charge in [0.2, 0.25) is 0 Å². The van der Waals surface area contributed by atoms with Crippen LogP contribution in [0.15, 0.2) is 4.99 Å². The molecule has 0 heterocycles. The van der Waals surface area contributed by atoms with E-state index in [9.17, 15) is 0 Å². The van der Waals surface area contributed by atoms with E-state index in [1.165, 1.54) is 0 Å². The van der Waals surface area contributed by atoms with E-state index in [-0.39, 0.29) is 24.0 Å². The molecule has 0 aromatic carbocycles. The largest absolute Gasteiger partial charge is 0.382 e. The van der Waals surface area contributed by atoms with Crippen LogP contribution in [0.4, 0.5) is 0 Å². The maximum atomic E-state index is 5.37. The van der Waals surface area contributed by atoms with Crippen LogP contribution in [0.2, 0.25) is 0 Å². The zero-order valence-electron chi connectivity index (χ0n) is 11.8. The predicted molar refractivity (Wildman–Crippen MR) is 87.0 cm³/mol. The van der Waals surface area contributed by atoms with Gasteiger partial charge >= 0.3 is 0 Å². The van der Waals surface area contributed by atoms with Gasteiger partial charge in [-0.05, 0) is 26.7 Å². The number of nitrogens with zero attached hydrogens (tertiary/aromatic N) is 1. The van der Waals surface area contributed by atoms with Crippen molar-refractivity contribution in [2.45, 2.75) is 26.7 Å². The highest BCUT2D eigenvalue weighted by atomic mass is 127. The Labute approximate surface area is 128 Å². The lowest BCUT2D eigenvalue weighted by Crippen LogP contribution is -2.37. The molecule has 0 aliphatic heterocycles. The third-order valence-corrected chi connectivity index (χ3v) is 2.09. The summed E-state index contributed by atoms with van der Waals surface area (Å²) in [4.78, 5) is 4.45. The fourth-order valence-electron chi connectivity index (χ4n) is 1.26. The number of nitrogens with one attached hydrogen (secondary N) is 2. The molecule has 0 unspecified atom stereocenters. The minimum absolute atomic E-state index is 0. The average Bonchev–Trinajstić information content (AvgIpc) is 2.33. The molecular formula is C12H28IN3O2. The van der Waals surface area contributed by atoms with Gasteiger partial charge in [-0.2, -0.15) is 0 Å². The maximum absolute atomic E-state index is 5.37. The van der Waals surface area contributed by atoms with Crippen molar-refractivity contribution >= 4 is 29.9 Å². The van der Waals surface area contributed by atoms with Crippen LogP contribution in [0.3, 0.4) is 0 Å². The third-order valence-electron chi connectivity index (χ3n) is 2.09. The van der Waals surface area contributed by atoms with Gasteiger partial charge in [0.05, 0.1) is 13.2 Å². The molecule has 0 atom stereocenters. The Morgan fingerprint density at radius 3 is 2.22 bits per heavy atom. The van der Waals surface area contributed by atoms with Gasteiger partial charge in [-0.1, -0.05) is 0 Å². The Morgan fingerprint density at radius 2 is 1.67 bits per heavy atom. The molecule has 0 aromatic rings. The van der Waals surface area contributed by atoms with Crippen LogP contribution in [-0.4, -0.2) is 52.5 Å². The van der Waals surface area contributed by atoms with Crippen molar-refractivity contribution in [1.29, 1.82) is 0 Å². The second-order valence-corrected chi connectivity index (χ2v) is 3.60. The highest BCUT2D eigenvalue weighted by molar-refractivity contribution is 14.0. The molecule has 110 valence electrons. The first-order chi connectivity index (χ1) is 8.35. The fraction of sp³-hybridized carbons (Fsp3) is 0.917. The molecule has 0 fully saturated rings. The van der Waals surface area contributed by atoms with E-state index in [4.69, 9.17) is 9.47 Å². The Kier molecular flexibility index (Phi) is 19.0. The van der Waals surface area contributed by atoms with Gasteiger partial charge < -0.3 is 20.1 Å². The minimum Gasteiger partial charge on any atom is -0.382 e. The SMILES string of the molecule is CCNC(=NCCCCOCCOC)NCC.I. The first-order valence-electron chi connectivity index (χ1n) is 6.44. The van der Waals surface area contributed by atoms with Crippen molar-refractivity contribution in [3.8, 4) is 0 Å². The van der Waals surface area contributed by atoms with Crippen LogP contribution < -0.4 is 10.6 Å². The number of aliphatic imine (C=N–C) groups is 1. The molecule has 0 rings (SSSR count). The summed E-state index contributed by atoms with van der Waals surface area (Å²) in [6.07, 6.45) is 2.09. The maximum Gasteiger partial charge on any atom is 0.191 e. The van der Waals surface area contributed by atoms with Crippen molar-refractivity contribution in [2.75, 3.05) is 46.6 Å². The molecule has 0 saturated carbocycles. The van der Waals surface area contributed by atoms with Gasteiger partial charge in [0.1, 0.15) is 0 Å². The molecule has 0 aliphatic carbocycles. The van der Waals surface area contributed by atoms with Crippen LogP contribution in [0, 0.1) is 0 Å². The van der Waals surface area contributed by atoms with E-state index in [1.54, 1.807) is 7.11 Å². The molecule has 5 nitrogen and oxygen atoms in total. The van der Waals surface area contributed by atoms with Crippen LogP contribution in [0.5, 0.6) is 0 Å². The first-order valence-corrected chi connectivity index (χ1v) is 6.44. The topological polar surface area (TPSA) is 54.9 Å². The van der Waals surface area contributed by atoms with E-state index in [0.29, 0.717) is 13.2 Å². The van der Waals surface area contributed by atoms with E-state index in [0.717, 1.165) is 45.0 Å². The summed E-state index contributed by atoms with van der Waals surface area (Å²) in [6, 6.07) is 0. The van der Waals surface area contributed by atoms with Gasteiger partial charge in [-0.25, -0.2) is 0 Å². The number of rotatable bonds is 10. The van der Waals surface area contributed by atoms with Crippen LogP contribution in [-0.2, 0) is 9.47 Å². The quantitative estimate of drug-likeness (QED) is 0.265. The standard InChI is InChI=1S/C12H27N3O2.HI/c1-4-13-12(14-5-2)15-8-6-7-9-17-11-10-16-3;/h4-11H2,1-3H3,(H2,13,14,15);1H. The molecule has 0 radical (unpaired) electrons. The van der Waals surface area contributed by atoms with Crippen molar-refractivity contribution < 1.29 is 9.47 Å². The van der Waals surface area contributed by atoms with Crippen molar-refractivity contribution in [1.82, 2.24) is 10.6 Å². The number of unbranched alkanes of at least 4 members (excludes halogenated alkanes) is 1. The Balaban J connectivity index is 0. The summed E-state index contributed by atoms with van der Waals surface area (Å²) >= 11 is 0. The van der Waals surface area contributed by atoms with Crippen molar-refractivity contribution in [3.05, 3.63) is 0 Å². The Hall–Kier alpha value is -0.0800. The lowest BCUT2D eigenvalue weighted by molar-refractivity contribution is 0.0690. The highest BCUT2D eigenvalue weighted by Gasteiger charge is 1.94. The molecule has 0 aliphatic rings. The lowest BCUT2D eigenvalue weighted by Gasteiger charge is -2.08. The molecule has 0 spiro atoms. The van der Waals surface area contributed by atoms with Crippen LogP contribution >= 0.6 is 24.0 Å². The van der Waals surface area contributed by atoms with E-state index in [1.807, 2.05) is 0 Å². The van der Waals surface area contributed by atoms with Crippen LogP contribution in [0.1, 0.15) is 26.7 Å². The summed E-state index contributed by atoms with van der Waals surface area (Å²) in [6.45, 7) is 8.90. The molecule has 0 saturated heterocycles. The van der Waals surface area contributed by atoms with E-state index < -0.39 is 0 Å². The highest BCUT2D eigenvalue weighted by Crippen LogP contribution is 1.91. The Bertz CT molecular complexity index is 184. The number of methoxy groups -OCH3 is 1. The zero-order valence-corrected chi connectivity index (χ0v) is 14.2. The molecule has 0 amide bonds. The zero-order chi connectivity index (χ0) is 12.8. The number of halogens is 1. The number of hydrogen-bond donors (Lipinski definition) is 2.